The monoisotopic (exact) mass is 322 g/mol. The van der Waals surface area contributed by atoms with Crippen molar-refractivity contribution in [2.24, 2.45) is 0 Å². The van der Waals surface area contributed by atoms with E-state index in [2.05, 4.69) is 71.1 Å². The number of aryl methyl sites for hydroxylation is 1. The molecule has 2 heterocycles. The molecule has 2 aromatic carbocycles. The van der Waals surface area contributed by atoms with Gasteiger partial charge < -0.3 is 5.32 Å². The molecule has 0 amide bonds. The minimum atomic E-state index is 0.363. The van der Waals surface area contributed by atoms with Crippen molar-refractivity contribution in [2.45, 2.75) is 13.0 Å². The van der Waals surface area contributed by atoms with Crippen LogP contribution >= 0.6 is 11.3 Å². The van der Waals surface area contributed by atoms with Gasteiger partial charge in [-0.25, -0.2) is 0 Å². The Bertz CT molecular complexity index is 797. The Morgan fingerprint density at radius 2 is 1.83 bits per heavy atom. The maximum atomic E-state index is 3.48. The molecule has 0 bridgehead atoms. The Balaban J connectivity index is 1.86. The second-order valence-electron chi connectivity index (χ2n) is 6.28. The fourth-order valence-corrected chi connectivity index (χ4v) is 4.60. The standard InChI is InChI=1S/C20H22N2S/c1-15-13-19(23-14-15)20(22-11-9-21-10-12-22)18-8-4-6-16-5-2-3-7-17(16)18/h2-8,13-14,20-21H,9-12H2,1H3. The van der Waals surface area contributed by atoms with E-state index in [1.165, 1.54) is 26.8 Å². The third-order valence-corrected chi connectivity index (χ3v) is 5.76. The predicted molar refractivity (Wildman–Crippen MR) is 99.3 cm³/mol. The highest BCUT2D eigenvalue weighted by Crippen LogP contribution is 2.36. The fraction of sp³-hybridized carbons (Fsp3) is 0.300. The van der Waals surface area contributed by atoms with Crippen LogP contribution in [0.4, 0.5) is 0 Å². The van der Waals surface area contributed by atoms with E-state index < -0.39 is 0 Å². The molecule has 1 fully saturated rings. The molecule has 2 nitrogen and oxygen atoms in total. The molecule has 1 atom stereocenters. The second kappa shape index (κ2) is 6.44. The van der Waals surface area contributed by atoms with Crippen molar-refractivity contribution in [3.8, 4) is 0 Å². The fourth-order valence-electron chi connectivity index (χ4n) is 3.56. The van der Waals surface area contributed by atoms with E-state index in [0.29, 0.717) is 6.04 Å². The van der Waals surface area contributed by atoms with Crippen LogP contribution in [0.5, 0.6) is 0 Å². The summed E-state index contributed by atoms with van der Waals surface area (Å²) in [4.78, 5) is 4.09. The van der Waals surface area contributed by atoms with E-state index in [-0.39, 0.29) is 0 Å². The summed E-state index contributed by atoms with van der Waals surface area (Å²) in [5.74, 6) is 0. The lowest BCUT2D eigenvalue weighted by atomic mass is 9.96. The van der Waals surface area contributed by atoms with Crippen LogP contribution in [0.3, 0.4) is 0 Å². The van der Waals surface area contributed by atoms with Gasteiger partial charge in [-0.1, -0.05) is 42.5 Å². The van der Waals surface area contributed by atoms with Crippen LogP contribution in [0.15, 0.2) is 53.9 Å². The Hall–Kier alpha value is -1.68. The van der Waals surface area contributed by atoms with E-state index in [4.69, 9.17) is 0 Å². The Labute approximate surface area is 141 Å². The highest BCUT2D eigenvalue weighted by atomic mass is 32.1. The van der Waals surface area contributed by atoms with Gasteiger partial charge in [0.1, 0.15) is 0 Å². The lowest BCUT2D eigenvalue weighted by Crippen LogP contribution is -2.45. The van der Waals surface area contributed by atoms with Crippen LogP contribution in [-0.4, -0.2) is 31.1 Å². The summed E-state index contributed by atoms with van der Waals surface area (Å²) in [5, 5.41) is 8.46. The topological polar surface area (TPSA) is 15.3 Å². The summed E-state index contributed by atoms with van der Waals surface area (Å²) >= 11 is 1.89. The van der Waals surface area contributed by atoms with E-state index in [9.17, 15) is 0 Å². The van der Waals surface area contributed by atoms with Crippen molar-refractivity contribution in [2.75, 3.05) is 26.2 Å². The molecule has 3 heteroatoms. The van der Waals surface area contributed by atoms with Crippen LogP contribution in [0, 0.1) is 6.92 Å². The number of piperazine rings is 1. The molecule has 1 saturated heterocycles. The summed E-state index contributed by atoms with van der Waals surface area (Å²) in [6.45, 7) is 6.55. The molecular formula is C20H22N2S. The summed E-state index contributed by atoms with van der Waals surface area (Å²) in [5.41, 5.74) is 2.80. The van der Waals surface area contributed by atoms with Crippen LogP contribution in [0.25, 0.3) is 10.8 Å². The largest absolute Gasteiger partial charge is 0.314 e. The maximum absolute atomic E-state index is 3.48. The Kier molecular flexibility index (Phi) is 4.17. The molecule has 1 N–H and O–H groups in total. The van der Waals surface area contributed by atoms with Gasteiger partial charge in [0, 0.05) is 31.1 Å². The molecule has 118 valence electrons. The summed E-state index contributed by atoms with van der Waals surface area (Å²) in [7, 11) is 0. The SMILES string of the molecule is Cc1csc(C(c2cccc3ccccc23)N2CCNCC2)c1. The molecule has 23 heavy (non-hydrogen) atoms. The minimum absolute atomic E-state index is 0.363. The molecule has 1 unspecified atom stereocenters. The van der Waals surface area contributed by atoms with E-state index >= 15 is 0 Å². The van der Waals surface area contributed by atoms with E-state index in [1.54, 1.807) is 0 Å². The maximum Gasteiger partial charge on any atom is 0.0703 e. The quantitative estimate of drug-likeness (QED) is 0.777. The third kappa shape index (κ3) is 2.92. The van der Waals surface area contributed by atoms with Crippen LogP contribution in [-0.2, 0) is 0 Å². The predicted octanol–water partition coefficient (Wildman–Crippen LogP) is 4.20. The third-order valence-electron chi connectivity index (χ3n) is 4.66. The van der Waals surface area contributed by atoms with E-state index in [1.807, 2.05) is 11.3 Å². The smallest absolute Gasteiger partial charge is 0.0703 e. The summed E-state index contributed by atoms with van der Waals surface area (Å²) in [6, 6.07) is 18.2. The zero-order valence-corrected chi connectivity index (χ0v) is 14.3. The lowest BCUT2D eigenvalue weighted by Gasteiger charge is -2.35. The van der Waals surface area contributed by atoms with Gasteiger partial charge in [0.2, 0.25) is 0 Å². The molecule has 0 radical (unpaired) electrons. The van der Waals surface area contributed by atoms with Gasteiger partial charge >= 0.3 is 0 Å². The molecule has 3 aromatic rings. The first kappa shape index (κ1) is 14.9. The average Bonchev–Trinajstić information content (AvgIpc) is 3.02. The lowest BCUT2D eigenvalue weighted by molar-refractivity contribution is 0.201. The minimum Gasteiger partial charge on any atom is -0.314 e. The number of nitrogens with one attached hydrogen (secondary N) is 1. The number of nitrogens with zero attached hydrogens (tertiary/aromatic N) is 1. The van der Waals surface area contributed by atoms with Gasteiger partial charge in [-0.15, -0.1) is 11.3 Å². The van der Waals surface area contributed by atoms with Gasteiger partial charge in [-0.3, -0.25) is 4.90 Å². The first-order chi connectivity index (χ1) is 11.3. The molecule has 1 aliphatic heterocycles. The summed E-state index contributed by atoms with van der Waals surface area (Å²) in [6.07, 6.45) is 0. The molecule has 1 aliphatic rings. The second-order valence-corrected chi connectivity index (χ2v) is 7.23. The zero-order valence-electron chi connectivity index (χ0n) is 13.5. The number of fused-ring (bicyclic) bond motifs is 1. The average molecular weight is 322 g/mol. The van der Waals surface area contributed by atoms with Crippen LogP contribution < -0.4 is 5.32 Å². The Morgan fingerprint density at radius 3 is 2.61 bits per heavy atom. The van der Waals surface area contributed by atoms with Crippen LogP contribution in [0.2, 0.25) is 0 Å². The number of hydrogen-bond donors (Lipinski definition) is 1. The van der Waals surface area contributed by atoms with Crippen molar-refractivity contribution in [1.29, 1.82) is 0 Å². The van der Waals surface area contributed by atoms with Gasteiger partial charge in [0.05, 0.1) is 6.04 Å². The number of benzene rings is 2. The van der Waals surface area contributed by atoms with Crippen molar-refractivity contribution in [1.82, 2.24) is 10.2 Å². The van der Waals surface area contributed by atoms with Gasteiger partial charge in [0.15, 0.2) is 0 Å². The van der Waals surface area contributed by atoms with Crippen molar-refractivity contribution in [3.05, 3.63) is 69.9 Å². The highest BCUT2D eigenvalue weighted by Gasteiger charge is 2.26. The van der Waals surface area contributed by atoms with Crippen molar-refractivity contribution in [3.63, 3.8) is 0 Å². The molecule has 4 rings (SSSR count). The molecule has 0 spiro atoms. The Morgan fingerprint density at radius 1 is 1.04 bits per heavy atom. The number of hydrogen-bond acceptors (Lipinski definition) is 3. The highest BCUT2D eigenvalue weighted by molar-refractivity contribution is 7.10. The van der Waals surface area contributed by atoms with Gasteiger partial charge in [-0.2, -0.15) is 0 Å². The zero-order chi connectivity index (χ0) is 15.6. The number of thiophene rings is 1. The van der Waals surface area contributed by atoms with Crippen molar-refractivity contribution >= 4 is 22.1 Å². The molecule has 1 aromatic heterocycles. The summed E-state index contributed by atoms with van der Waals surface area (Å²) < 4.78 is 0. The van der Waals surface area contributed by atoms with Gasteiger partial charge in [-0.05, 0) is 40.3 Å². The molecule has 0 aliphatic carbocycles. The number of rotatable bonds is 3. The van der Waals surface area contributed by atoms with Gasteiger partial charge in [0.25, 0.3) is 0 Å². The molecule has 0 saturated carbocycles. The normalized spacial score (nSPS) is 17.4. The van der Waals surface area contributed by atoms with Crippen molar-refractivity contribution < 1.29 is 0 Å². The van der Waals surface area contributed by atoms with E-state index in [0.717, 1.165) is 26.2 Å². The van der Waals surface area contributed by atoms with Crippen LogP contribution in [0.1, 0.15) is 22.0 Å². The first-order valence-corrected chi connectivity index (χ1v) is 9.18. The first-order valence-electron chi connectivity index (χ1n) is 8.30. The molecular weight excluding hydrogens is 300 g/mol.